The second kappa shape index (κ2) is 9.25. The van der Waals surface area contributed by atoms with E-state index >= 15 is 0 Å². The maximum atomic E-state index is 12.7. The van der Waals surface area contributed by atoms with Crippen LogP contribution < -0.4 is 0 Å². The number of nitrogens with zero attached hydrogens (tertiary/aromatic N) is 1. The number of aryl methyl sites for hydroxylation is 1. The lowest BCUT2D eigenvalue weighted by Gasteiger charge is -2.11. The average Bonchev–Trinajstić information content (AvgIpc) is 3.31. The summed E-state index contributed by atoms with van der Waals surface area (Å²) in [5.74, 6) is 0.874. The second-order valence-electron chi connectivity index (χ2n) is 6.75. The fourth-order valence-electron chi connectivity index (χ4n) is 3.14. The van der Waals surface area contributed by atoms with Crippen molar-refractivity contribution in [2.75, 3.05) is 6.54 Å². The van der Waals surface area contributed by atoms with E-state index in [1.807, 2.05) is 48.5 Å². The lowest BCUT2D eigenvalue weighted by molar-refractivity contribution is -0.122. The van der Waals surface area contributed by atoms with Gasteiger partial charge in [-0.15, -0.1) is 0 Å². The van der Waals surface area contributed by atoms with E-state index in [4.69, 9.17) is 16.0 Å². The number of benzene rings is 2. The van der Waals surface area contributed by atoms with Gasteiger partial charge in [-0.25, -0.2) is 0 Å². The molecule has 7 heteroatoms. The van der Waals surface area contributed by atoms with Crippen LogP contribution in [0.5, 0.6) is 0 Å². The van der Waals surface area contributed by atoms with Gasteiger partial charge in [0.15, 0.2) is 0 Å². The number of halogens is 2. The first kappa shape index (κ1) is 21.0. The minimum atomic E-state index is -0.275. The summed E-state index contributed by atoms with van der Waals surface area (Å²) in [5, 5.41) is 0.341. The lowest BCUT2D eigenvalue weighted by Crippen LogP contribution is -2.29. The maximum absolute atomic E-state index is 12.7. The average molecular weight is 503 g/mol. The summed E-state index contributed by atoms with van der Waals surface area (Å²) in [6.07, 6.45) is 3.16. The van der Waals surface area contributed by atoms with Crippen molar-refractivity contribution in [3.8, 4) is 11.3 Å². The van der Waals surface area contributed by atoms with E-state index in [0.717, 1.165) is 34.6 Å². The summed E-state index contributed by atoms with van der Waals surface area (Å²) < 4.78 is 6.64. The zero-order valence-corrected chi connectivity index (χ0v) is 19.0. The van der Waals surface area contributed by atoms with Crippen LogP contribution in [-0.2, 0) is 11.2 Å². The Bertz CT molecular complexity index is 1130. The molecule has 1 aliphatic heterocycles. The van der Waals surface area contributed by atoms with Crippen LogP contribution in [-0.4, -0.2) is 22.6 Å². The van der Waals surface area contributed by atoms with Crippen LogP contribution in [0.3, 0.4) is 0 Å². The number of carbonyl (C=O) groups is 2. The number of rotatable bonds is 6. The van der Waals surface area contributed by atoms with Crippen molar-refractivity contribution in [1.82, 2.24) is 4.90 Å². The SMILES string of the molecule is O=C1S/C(=C/c2ccc(-c3ccc(Br)c(Cl)c3)o2)C(=O)N1CCCc1ccccc1. The van der Waals surface area contributed by atoms with Gasteiger partial charge in [0.25, 0.3) is 11.1 Å². The highest BCUT2D eigenvalue weighted by Crippen LogP contribution is 2.34. The number of furan rings is 1. The molecule has 2 amide bonds. The Kier molecular flexibility index (Phi) is 6.46. The predicted octanol–water partition coefficient (Wildman–Crippen LogP) is 7.03. The summed E-state index contributed by atoms with van der Waals surface area (Å²) in [7, 11) is 0. The van der Waals surface area contributed by atoms with E-state index < -0.39 is 0 Å². The minimum Gasteiger partial charge on any atom is -0.457 e. The molecule has 4 nitrogen and oxygen atoms in total. The molecule has 0 atom stereocenters. The highest BCUT2D eigenvalue weighted by molar-refractivity contribution is 9.10. The number of hydrogen-bond donors (Lipinski definition) is 0. The third-order valence-electron chi connectivity index (χ3n) is 4.67. The topological polar surface area (TPSA) is 50.5 Å². The minimum absolute atomic E-state index is 0.245. The molecule has 3 aromatic rings. The Morgan fingerprint density at radius 1 is 1.07 bits per heavy atom. The van der Waals surface area contributed by atoms with E-state index in [-0.39, 0.29) is 11.1 Å². The molecule has 30 heavy (non-hydrogen) atoms. The van der Waals surface area contributed by atoms with Gasteiger partial charge in [0.2, 0.25) is 0 Å². The number of hydrogen-bond acceptors (Lipinski definition) is 4. The number of thioether (sulfide) groups is 1. The lowest BCUT2D eigenvalue weighted by atomic mass is 10.1. The van der Waals surface area contributed by atoms with Crippen molar-refractivity contribution in [2.45, 2.75) is 12.8 Å². The monoisotopic (exact) mass is 501 g/mol. The van der Waals surface area contributed by atoms with Gasteiger partial charge in [-0.3, -0.25) is 14.5 Å². The Hall–Kier alpha value is -2.28. The Labute approximate surface area is 192 Å². The van der Waals surface area contributed by atoms with Crippen molar-refractivity contribution in [2.24, 2.45) is 0 Å². The van der Waals surface area contributed by atoms with E-state index in [1.54, 1.807) is 18.2 Å². The smallest absolute Gasteiger partial charge is 0.293 e. The van der Waals surface area contributed by atoms with Crippen molar-refractivity contribution < 1.29 is 14.0 Å². The van der Waals surface area contributed by atoms with Gasteiger partial charge in [-0.2, -0.15) is 0 Å². The van der Waals surface area contributed by atoms with Gasteiger partial charge in [0.05, 0.1) is 9.93 Å². The van der Waals surface area contributed by atoms with Gasteiger partial charge < -0.3 is 4.42 Å². The quantitative estimate of drug-likeness (QED) is 0.339. The van der Waals surface area contributed by atoms with Gasteiger partial charge in [-0.1, -0.05) is 48.0 Å². The van der Waals surface area contributed by atoms with Crippen LogP contribution in [0.4, 0.5) is 4.79 Å². The first-order chi connectivity index (χ1) is 14.5. The Morgan fingerprint density at radius 3 is 2.63 bits per heavy atom. The Balaban J connectivity index is 1.43. The third kappa shape index (κ3) is 4.72. The van der Waals surface area contributed by atoms with Gasteiger partial charge in [0.1, 0.15) is 11.5 Å². The third-order valence-corrected chi connectivity index (χ3v) is 6.81. The molecule has 1 aromatic heterocycles. The molecular weight excluding hydrogens is 486 g/mol. The van der Waals surface area contributed by atoms with E-state index in [0.29, 0.717) is 28.0 Å². The van der Waals surface area contributed by atoms with Gasteiger partial charge >= 0.3 is 0 Å². The Morgan fingerprint density at radius 2 is 1.87 bits per heavy atom. The highest BCUT2D eigenvalue weighted by Gasteiger charge is 2.34. The summed E-state index contributed by atoms with van der Waals surface area (Å²) in [4.78, 5) is 26.6. The van der Waals surface area contributed by atoms with Crippen molar-refractivity contribution in [3.63, 3.8) is 0 Å². The van der Waals surface area contributed by atoms with Crippen LogP contribution in [0.2, 0.25) is 5.02 Å². The molecule has 152 valence electrons. The van der Waals surface area contributed by atoms with Crippen LogP contribution in [0.15, 0.2) is 74.5 Å². The van der Waals surface area contributed by atoms with Crippen LogP contribution in [0.1, 0.15) is 17.7 Å². The first-order valence-corrected chi connectivity index (χ1v) is 11.3. The van der Waals surface area contributed by atoms with E-state index in [2.05, 4.69) is 15.9 Å². The largest absolute Gasteiger partial charge is 0.457 e. The number of amides is 2. The molecule has 2 aromatic carbocycles. The summed E-state index contributed by atoms with van der Waals surface area (Å²) in [5.41, 5.74) is 2.02. The summed E-state index contributed by atoms with van der Waals surface area (Å²) in [6, 6.07) is 19.1. The van der Waals surface area contributed by atoms with Gasteiger partial charge in [-0.05, 0) is 70.4 Å². The highest BCUT2D eigenvalue weighted by atomic mass is 79.9. The molecule has 0 spiro atoms. The molecule has 2 heterocycles. The van der Waals surface area contributed by atoms with Crippen LogP contribution >= 0.6 is 39.3 Å². The maximum Gasteiger partial charge on any atom is 0.293 e. The molecule has 0 bridgehead atoms. The zero-order chi connectivity index (χ0) is 21.1. The van der Waals surface area contributed by atoms with E-state index in [1.165, 1.54) is 10.5 Å². The molecule has 1 aliphatic rings. The zero-order valence-electron chi connectivity index (χ0n) is 15.8. The molecule has 1 fully saturated rings. The predicted molar refractivity (Wildman–Crippen MR) is 124 cm³/mol. The van der Waals surface area contributed by atoms with E-state index in [9.17, 15) is 9.59 Å². The molecule has 0 aliphatic carbocycles. The normalized spacial score (nSPS) is 15.4. The van der Waals surface area contributed by atoms with Gasteiger partial charge in [0, 0.05) is 22.7 Å². The van der Waals surface area contributed by atoms with Crippen LogP contribution in [0.25, 0.3) is 17.4 Å². The number of imide groups is 1. The molecule has 0 N–H and O–H groups in total. The fraction of sp³-hybridized carbons (Fsp3) is 0.130. The molecule has 0 radical (unpaired) electrons. The standard InChI is InChI=1S/C23H17BrClNO3S/c24-18-10-8-16(13-19(18)25)20-11-9-17(29-20)14-21-22(27)26(23(28)30-21)12-4-7-15-5-2-1-3-6-15/h1-3,5-6,8-11,13-14H,4,7,12H2/b21-14+. The molecule has 1 saturated heterocycles. The first-order valence-electron chi connectivity index (χ1n) is 9.36. The molecule has 0 unspecified atom stereocenters. The fourth-order valence-corrected chi connectivity index (χ4v) is 4.42. The summed E-state index contributed by atoms with van der Waals surface area (Å²) in [6.45, 7) is 0.400. The van der Waals surface area contributed by atoms with Crippen molar-refractivity contribution in [1.29, 1.82) is 0 Å². The molecule has 0 saturated carbocycles. The van der Waals surface area contributed by atoms with Crippen molar-refractivity contribution >= 4 is 56.5 Å². The van der Waals surface area contributed by atoms with Crippen LogP contribution in [0, 0.1) is 0 Å². The number of carbonyl (C=O) groups excluding carboxylic acids is 2. The second-order valence-corrected chi connectivity index (χ2v) is 9.01. The summed E-state index contributed by atoms with van der Waals surface area (Å²) >= 11 is 10.5. The van der Waals surface area contributed by atoms with Crippen molar-refractivity contribution in [3.05, 3.63) is 86.4 Å². The molecular formula is C23H17BrClNO3S. The molecule has 4 rings (SSSR count).